The van der Waals surface area contributed by atoms with E-state index in [1.165, 1.54) is 19.2 Å². The summed E-state index contributed by atoms with van der Waals surface area (Å²) in [7, 11) is -2.35. The van der Waals surface area contributed by atoms with E-state index in [2.05, 4.69) is 10.3 Å². The van der Waals surface area contributed by atoms with Crippen molar-refractivity contribution in [3.63, 3.8) is 0 Å². The van der Waals surface area contributed by atoms with Gasteiger partial charge in [0.2, 0.25) is 15.9 Å². The molecule has 29 heavy (non-hydrogen) atoms. The highest BCUT2D eigenvalue weighted by molar-refractivity contribution is 7.89. The average Bonchev–Trinajstić information content (AvgIpc) is 2.71. The standard InChI is InChI=1S/C19H18N4O5S/c1-28-19-17(14-5-3-2-4-6-14)18(16(12-22-19)23(24)25)21-11-13-7-9-15(10-8-13)29(20,26)27/h2-10,12H,11H2,1H3,(H,21,22)(H2,20,26,27). The fourth-order valence-electron chi connectivity index (χ4n) is 2.82. The molecule has 3 rings (SSSR count). The number of nitrogens with zero attached hydrogens (tertiary/aromatic N) is 2. The molecule has 0 aliphatic heterocycles. The van der Waals surface area contributed by atoms with Gasteiger partial charge in [-0.2, -0.15) is 0 Å². The predicted molar refractivity (Wildman–Crippen MR) is 108 cm³/mol. The maximum absolute atomic E-state index is 11.6. The molecule has 0 atom stereocenters. The summed E-state index contributed by atoms with van der Waals surface area (Å²) >= 11 is 0. The van der Waals surface area contributed by atoms with Crippen LogP contribution in [-0.2, 0) is 16.6 Å². The van der Waals surface area contributed by atoms with Crippen molar-refractivity contribution in [3.8, 4) is 17.0 Å². The number of methoxy groups -OCH3 is 1. The molecule has 1 aromatic heterocycles. The van der Waals surface area contributed by atoms with Gasteiger partial charge in [0.1, 0.15) is 11.9 Å². The molecule has 2 aromatic carbocycles. The highest BCUT2D eigenvalue weighted by Gasteiger charge is 2.24. The van der Waals surface area contributed by atoms with E-state index < -0.39 is 14.9 Å². The zero-order chi connectivity index (χ0) is 21.0. The molecule has 3 N–H and O–H groups in total. The lowest BCUT2D eigenvalue weighted by Crippen LogP contribution is -2.12. The van der Waals surface area contributed by atoms with Crippen LogP contribution in [0.2, 0.25) is 0 Å². The lowest BCUT2D eigenvalue weighted by Gasteiger charge is -2.15. The zero-order valence-electron chi connectivity index (χ0n) is 15.4. The predicted octanol–water partition coefficient (Wildman–Crippen LogP) is 2.92. The van der Waals surface area contributed by atoms with Gasteiger partial charge in [0, 0.05) is 6.54 Å². The summed E-state index contributed by atoms with van der Waals surface area (Å²) < 4.78 is 28.1. The molecule has 0 aliphatic rings. The van der Waals surface area contributed by atoms with Gasteiger partial charge >= 0.3 is 5.69 Å². The Kier molecular flexibility index (Phi) is 5.76. The molecule has 0 aliphatic carbocycles. The van der Waals surface area contributed by atoms with Crippen molar-refractivity contribution in [3.05, 3.63) is 76.5 Å². The van der Waals surface area contributed by atoms with Crippen LogP contribution in [0.1, 0.15) is 5.56 Å². The van der Waals surface area contributed by atoms with Gasteiger partial charge in [0.25, 0.3) is 0 Å². The van der Waals surface area contributed by atoms with Crippen LogP contribution in [0, 0.1) is 10.1 Å². The Morgan fingerprint density at radius 1 is 1.14 bits per heavy atom. The summed E-state index contributed by atoms with van der Waals surface area (Å²) in [5.41, 5.74) is 1.92. The van der Waals surface area contributed by atoms with Crippen molar-refractivity contribution in [1.82, 2.24) is 4.98 Å². The first-order valence-corrected chi connectivity index (χ1v) is 9.98. The highest BCUT2D eigenvalue weighted by atomic mass is 32.2. The van der Waals surface area contributed by atoms with E-state index in [4.69, 9.17) is 9.88 Å². The number of sulfonamides is 1. The van der Waals surface area contributed by atoms with Gasteiger partial charge in [-0.25, -0.2) is 18.5 Å². The normalized spacial score (nSPS) is 11.1. The molecule has 0 amide bonds. The topological polar surface area (TPSA) is 137 Å². The van der Waals surface area contributed by atoms with Crippen molar-refractivity contribution in [2.75, 3.05) is 12.4 Å². The van der Waals surface area contributed by atoms with Crippen molar-refractivity contribution in [2.24, 2.45) is 5.14 Å². The number of nitrogens with two attached hydrogens (primary N) is 1. The number of rotatable bonds is 7. The van der Waals surface area contributed by atoms with E-state index in [-0.39, 0.29) is 28.7 Å². The van der Waals surface area contributed by atoms with Gasteiger partial charge in [0.15, 0.2) is 0 Å². The molecule has 0 saturated carbocycles. The Morgan fingerprint density at radius 3 is 2.34 bits per heavy atom. The molecule has 0 spiro atoms. The van der Waals surface area contributed by atoms with E-state index in [0.29, 0.717) is 16.7 Å². The molecular formula is C19H18N4O5S. The Morgan fingerprint density at radius 2 is 1.79 bits per heavy atom. The van der Waals surface area contributed by atoms with Crippen molar-refractivity contribution < 1.29 is 18.1 Å². The maximum Gasteiger partial charge on any atom is 0.311 e. The minimum Gasteiger partial charge on any atom is -0.480 e. The fourth-order valence-corrected chi connectivity index (χ4v) is 3.33. The van der Waals surface area contributed by atoms with E-state index in [0.717, 1.165) is 6.20 Å². The van der Waals surface area contributed by atoms with Crippen LogP contribution in [0.5, 0.6) is 5.88 Å². The first kappa shape index (κ1) is 20.2. The quantitative estimate of drug-likeness (QED) is 0.448. The Bertz CT molecular complexity index is 1130. The molecule has 0 saturated heterocycles. The van der Waals surface area contributed by atoms with E-state index in [9.17, 15) is 18.5 Å². The van der Waals surface area contributed by atoms with E-state index in [1.807, 2.05) is 18.2 Å². The minimum atomic E-state index is -3.79. The first-order valence-electron chi connectivity index (χ1n) is 8.43. The number of benzene rings is 2. The van der Waals surface area contributed by atoms with Crippen molar-refractivity contribution in [1.29, 1.82) is 0 Å². The van der Waals surface area contributed by atoms with Crippen molar-refractivity contribution in [2.45, 2.75) is 11.4 Å². The number of aromatic nitrogens is 1. The summed E-state index contributed by atoms with van der Waals surface area (Å²) in [6, 6.07) is 15.0. The SMILES string of the molecule is COc1ncc([N+](=O)[O-])c(NCc2ccc(S(N)(=O)=O)cc2)c1-c1ccccc1. The number of anilines is 1. The summed E-state index contributed by atoms with van der Waals surface area (Å²) in [6.07, 6.45) is 1.14. The van der Waals surface area contributed by atoms with Gasteiger partial charge in [-0.3, -0.25) is 10.1 Å². The zero-order valence-corrected chi connectivity index (χ0v) is 16.2. The average molecular weight is 414 g/mol. The van der Waals surface area contributed by atoms with Gasteiger partial charge in [-0.1, -0.05) is 42.5 Å². The summed E-state index contributed by atoms with van der Waals surface area (Å²) in [5, 5.41) is 19.7. The van der Waals surface area contributed by atoms with Gasteiger partial charge in [0.05, 0.1) is 22.5 Å². The third kappa shape index (κ3) is 4.50. The second-order valence-electron chi connectivity index (χ2n) is 6.07. The highest BCUT2D eigenvalue weighted by Crippen LogP contribution is 2.41. The number of hydrogen-bond acceptors (Lipinski definition) is 7. The molecule has 0 fully saturated rings. The molecule has 10 heteroatoms. The van der Waals surface area contributed by atoms with Crippen LogP contribution in [0.4, 0.5) is 11.4 Å². The van der Waals surface area contributed by atoms with E-state index in [1.54, 1.807) is 24.3 Å². The lowest BCUT2D eigenvalue weighted by atomic mass is 10.0. The number of hydrogen-bond donors (Lipinski definition) is 2. The minimum absolute atomic E-state index is 0.0113. The van der Waals surface area contributed by atoms with Gasteiger partial charge in [-0.05, 0) is 23.3 Å². The number of pyridine rings is 1. The van der Waals surface area contributed by atoms with Crippen molar-refractivity contribution >= 4 is 21.4 Å². The second-order valence-corrected chi connectivity index (χ2v) is 7.63. The molecule has 0 bridgehead atoms. The monoisotopic (exact) mass is 414 g/mol. The molecular weight excluding hydrogens is 396 g/mol. The maximum atomic E-state index is 11.6. The van der Waals surface area contributed by atoms with Crippen LogP contribution in [0.3, 0.4) is 0 Å². The third-order valence-electron chi connectivity index (χ3n) is 4.20. The molecule has 0 unspecified atom stereocenters. The molecule has 150 valence electrons. The first-order chi connectivity index (χ1) is 13.8. The molecule has 9 nitrogen and oxygen atoms in total. The number of nitro groups is 1. The van der Waals surface area contributed by atoms with Gasteiger partial charge in [-0.15, -0.1) is 0 Å². The fraction of sp³-hybridized carbons (Fsp3) is 0.105. The Labute approximate surface area is 167 Å². The third-order valence-corrected chi connectivity index (χ3v) is 5.13. The smallest absolute Gasteiger partial charge is 0.311 e. The Hall–Kier alpha value is -3.50. The van der Waals surface area contributed by atoms with Crippen LogP contribution >= 0.6 is 0 Å². The van der Waals surface area contributed by atoms with Gasteiger partial charge < -0.3 is 10.1 Å². The summed E-state index contributed by atoms with van der Waals surface area (Å²) in [5.74, 6) is 0.244. The summed E-state index contributed by atoms with van der Waals surface area (Å²) in [6.45, 7) is 0.207. The summed E-state index contributed by atoms with van der Waals surface area (Å²) in [4.78, 5) is 15.1. The van der Waals surface area contributed by atoms with Crippen LogP contribution < -0.4 is 15.2 Å². The number of primary sulfonamides is 1. The van der Waals surface area contributed by atoms with E-state index >= 15 is 0 Å². The van der Waals surface area contributed by atoms with Crippen LogP contribution in [0.15, 0.2) is 65.7 Å². The largest absolute Gasteiger partial charge is 0.480 e. The molecule has 1 heterocycles. The molecule has 3 aromatic rings. The Balaban J connectivity index is 2.02. The van der Waals surface area contributed by atoms with Crippen LogP contribution in [-0.4, -0.2) is 25.4 Å². The number of nitrogens with one attached hydrogen (secondary N) is 1. The molecule has 0 radical (unpaired) electrons. The lowest BCUT2D eigenvalue weighted by molar-refractivity contribution is -0.384. The second kappa shape index (κ2) is 8.25. The van der Waals surface area contributed by atoms with Crippen LogP contribution in [0.25, 0.3) is 11.1 Å². The number of ether oxygens (including phenoxy) is 1.